The van der Waals surface area contributed by atoms with Crippen LogP contribution in [-0.2, 0) is 11.0 Å². The second kappa shape index (κ2) is 8.50. The molecule has 1 unspecified atom stereocenters. The summed E-state index contributed by atoms with van der Waals surface area (Å²) in [5, 5.41) is 17.8. The van der Waals surface area contributed by atoms with Crippen LogP contribution in [0.2, 0.25) is 0 Å². The Morgan fingerprint density at radius 1 is 1.17 bits per heavy atom. The third-order valence-corrected chi connectivity index (χ3v) is 5.97. The summed E-state index contributed by atoms with van der Waals surface area (Å²) >= 11 is 0. The molecule has 10 heteroatoms. The number of hydrogen-bond donors (Lipinski definition) is 3. The quantitative estimate of drug-likeness (QED) is 0.536. The highest BCUT2D eigenvalue weighted by Gasteiger charge is 2.20. The van der Waals surface area contributed by atoms with Gasteiger partial charge >= 0.3 is 0 Å². The molecule has 3 aromatic rings. The predicted octanol–water partition coefficient (Wildman–Crippen LogP) is 2.02. The molecule has 0 bridgehead atoms. The summed E-state index contributed by atoms with van der Waals surface area (Å²) in [5.41, 5.74) is 3.51. The smallest absolute Gasteiger partial charge is 0.135 e. The summed E-state index contributed by atoms with van der Waals surface area (Å²) in [6.45, 7) is 3.00. The van der Waals surface area contributed by atoms with Crippen LogP contribution in [-0.4, -0.2) is 67.3 Å². The molecule has 29 heavy (non-hydrogen) atoms. The van der Waals surface area contributed by atoms with E-state index < -0.39 is 11.0 Å². The number of rotatable bonds is 6. The summed E-state index contributed by atoms with van der Waals surface area (Å²) in [4.78, 5) is 10.9. The Labute approximate surface area is 171 Å². The van der Waals surface area contributed by atoms with E-state index in [-0.39, 0.29) is 0 Å². The van der Waals surface area contributed by atoms with Crippen molar-refractivity contribution in [1.82, 2.24) is 24.5 Å². The Hall–Kier alpha value is -3.11. The van der Waals surface area contributed by atoms with Gasteiger partial charge in [-0.25, -0.2) is 18.5 Å². The van der Waals surface area contributed by atoms with Gasteiger partial charge in [0, 0.05) is 67.7 Å². The van der Waals surface area contributed by atoms with Gasteiger partial charge in [0.15, 0.2) is 0 Å². The van der Waals surface area contributed by atoms with Crippen molar-refractivity contribution in [2.24, 2.45) is 0 Å². The minimum atomic E-state index is -0.940. The van der Waals surface area contributed by atoms with Crippen molar-refractivity contribution in [3.63, 3.8) is 0 Å². The summed E-state index contributed by atoms with van der Waals surface area (Å²) < 4.78 is 13.6. The van der Waals surface area contributed by atoms with E-state index in [2.05, 4.69) is 30.4 Å². The van der Waals surface area contributed by atoms with Crippen LogP contribution in [0.4, 0.5) is 17.3 Å². The number of nitrogens with one attached hydrogen (secondary N) is 3. The van der Waals surface area contributed by atoms with Crippen LogP contribution < -0.4 is 10.2 Å². The number of H-pyrrole nitrogens is 1. The maximum atomic E-state index is 11.6. The van der Waals surface area contributed by atoms with Crippen LogP contribution >= 0.6 is 0 Å². The van der Waals surface area contributed by atoms with Crippen molar-refractivity contribution < 1.29 is 4.21 Å². The Balaban J connectivity index is 1.54. The second-order valence-corrected chi connectivity index (χ2v) is 8.02. The Bertz CT molecular complexity index is 1010. The molecule has 1 aromatic carbocycles. The average molecular weight is 411 g/mol. The number of nitrogens with zero attached hydrogens (tertiary/aromatic N) is 5. The Kier molecular flexibility index (Phi) is 5.63. The zero-order chi connectivity index (χ0) is 20.2. The molecule has 0 saturated carbocycles. The maximum Gasteiger partial charge on any atom is 0.135 e. The van der Waals surface area contributed by atoms with Crippen molar-refractivity contribution in [1.29, 1.82) is 5.41 Å². The summed E-state index contributed by atoms with van der Waals surface area (Å²) in [7, 11) is -0.940. The molecule has 1 atom stereocenters. The second-order valence-electron chi connectivity index (χ2n) is 6.66. The largest absolute Gasteiger partial charge is 0.354 e. The van der Waals surface area contributed by atoms with Crippen LogP contribution in [0.15, 0.2) is 43.0 Å². The fourth-order valence-electron chi connectivity index (χ4n) is 3.28. The van der Waals surface area contributed by atoms with Crippen molar-refractivity contribution in [2.75, 3.05) is 42.7 Å². The highest BCUT2D eigenvalue weighted by Crippen LogP contribution is 2.27. The van der Waals surface area contributed by atoms with Crippen LogP contribution in [0, 0.1) is 5.41 Å². The minimum Gasteiger partial charge on any atom is -0.354 e. The molecule has 0 radical (unpaired) electrons. The summed E-state index contributed by atoms with van der Waals surface area (Å²) in [5.74, 6) is 1.48. The topological polar surface area (TPSA) is 114 Å². The molecule has 3 N–H and O–H groups in total. The Morgan fingerprint density at radius 2 is 2.00 bits per heavy atom. The van der Waals surface area contributed by atoms with Crippen LogP contribution in [0.5, 0.6) is 0 Å². The van der Waals surface area contributed by atoms with Crippen molar-refractivity contribution in [2.45, 2.75) is 0 Å². The molecule has 0 spiro atoms. The molecule has 1 fully saturated rings. The molecule has 4 rings (SSSR count). The van der Waals surface area contributed by atoms with Gasteiger partial charge in [0.05, 0.1) is 17.2 Å². The number of hydrogen-bond acceptors (Lipinski definition) is 7. The summed E-state index contributed by atoms with van der Waals surface area (Å²) in [6.07, 6.45) is 8.14. The maximum absolute atomic E-state index is 11.6. The van der Waals surface area contributed by atoms with E-state index in [1.807, 2.05) is 34.8 Å². The van der Waals surface area contributed by atoms with Gasteiger partial charge in [0.1, 0.15) is 18.0 Å². The van der Waals surface area contributed by atoms with E-state index in [0.717, 1.165) is 54.4 Å². The standard InChI is InChI=1S/C19H22N8OS/c1-29(28)27-6-4-26(5-7-27)19-9-18(21-13-22-19)25-17-8-14(2-3-15(17)10-20)16-11-23-24-12-16/h2-3,8-13,20H,4-7H2,1H3,(H,23,24)(H,21,22,25). The number of anilines is 3. The van der Waals surface area contributed by atoms with E-state index in [0.29, 0.717) is 5.82 Å². The molecule has 9 nitrogen and oxygen atoms in total. The zero-order valence-electron chi connectivity index (χ0n) is 16.0. The molecule has 3 heterocycles. The fourth-order valence-corrected chi connectivity index (χ4v) is 3.96. The van der Waals surface area contributed by atoms with E-state index in [9.17, 15) is 4.21 Å². The third kappa shape index (κ3) is 4.33. The van der Waals surface area contributed by atoms with Gasteiger partial charge in [0.2, 0.25) is 0 Å². The van der Waals surface area contributed by atoms with E-state index >= 15 is 0 Å². The number of piperazine rings is 1. The lowest BCUT2D eigenvalue weighted by molar-refractivity contribution is 0.411. The van der Waals surface area contributed by atoms with E-state index in [4.69, 9.17) is 5.41 Å². The van der Waals surface area contributed by atoms with E-state index in [1.54, 1.807) is 12.5 Å². The van der Waals surface area contributed by atoms with Crippen molar-refractivity contribution >= 4 is 34.5 Å². The summed E-state index contributed by atoms with van der Waals surface area (Å²) in [6, 6.07) is 7.72. The number of benzene rings is 1. The molecular formula is C19H22N8OS. The van der Waals surface area contributed by atoms with Gasteiger partial charge in [-0.15, -0.1) is 0 Å². The lowest BCUT2D eigenvalue weighted by Crippen LogP contribution is -2.47. The van der Waals surface area contributed by atoms with Gasteiger partial charge in [-0.3, -0.25) is 5.10 Å². The molecule has 0 amide bonds. The lowest BCUT2D eigenvalue weighted by atomic mass is 10.1. The predicted molar refractivity (Wildman–Crippen MR) is 115 cm³/mol. The Morgan fingerprint density at radius 3 is 2.69 bits per heavy atom. The SMILES string of the molecule is CS(=O)N1CCN(c2cc(Nc3cc(-c4cn[nH]c4)ccc3C=N)ncn2)CC1. The highest BCUT2D eigenvalue weighted by atomic mass is 32.2. The first-order chi connectivity index (χ1) is 14.1. The number of aromatic nitrogens is 4. The van der Waals surface area contributed by atoms with Crippen molar-refractivity contribution in [3.8, 4) is 11.1 Å². The normalized spacial score (nSPS) is 15.8. The van der Waals surface area contributed by atoms with Gasteiger partial charge < -0.3 is 15.6 Å². The molecule has 2 aromatic heterocycles. The first kappa shape index (κ1) is 19.2. The van der Waals surface area contributed by atoms with Gasteiger partial charge in [-0.2, -0.15) is 5.10 Å². The first-order valence-corrected chi connectivity index (χ1v) is 10.7. The first-order valence-electron chi connectivity index (χ1n) is 9.20. The average Bonchev–Trinajstić information content (AvgIpc) is 3.29. The van der Waals surface area contributed by atoms with Gasteiger partial charge in [-0.1, -0.05) is 12.1 Å². The van der Waals surface area contributed by atoms with E-state index in [1.165, 1.54) is 12.5 Å². The molecule has 1 aliphatic heterocycles. The molecule has 1 aliphatic rings. The van der Waals surface area contributed by atoms with Crippen LogP contribution in [0.3, 0.4) is 0 Å². The highest BCUT2D eigenvalue weighted by molar-refractivity contribution is 7.81. The fraction of sp³-hybridized carbons (Fsp3) is 0.263. The van der Waals surface area contributed by atoms with Crippen LogP contribution in [0.25, 0.3) is 11.1 Å². The van der Waals surface area contributed by atoms with Crippen LogP contribution in [0.1, 0.15) is 5.56 Å². The third-order valence-electron chi connectivity index (χ3n) is 4.88. The number of aromatic amines is 1. The zero-order valence-corrected chi connectivity index (χ0v) is 16.8. The van der Waals surface area contributed by atoms with Crippen molar-refractivity contribution in [3.05, 3.63) is 48.5 Å². The van der Waals surface area contributed by atoms with Gasteiger partial charge in [-0.05, 0) is 11.6 Å². The lowest BCUT2D eigenvalue weighted by Gasteiger charge is -2.33. The molecule has 150 valence electrons. The molecular weight excluding hydrogens is 388 g/mol. The molecule has 1 saturated heterocycles. The minimum absolute atomic E-state index is 0.656. The monoisotopic (exact) mass is 410 g/mol. The van der Waals surface area contributed by atoms with Gasteiger partial charge in [0.25, 0.3) is 0 Å². The molecule has 0 aliphatic carbocycles.